The number of esters is 1. The van der Waals surface area contributed by atoms with Crippen molar-refractivity contribution in [2.24, 2.45) is 5.92 Å². The molecule has 0 heterocycles. The highest BCUT2D eigenvalue weighted by Gasteiger charge is 2.34. The van der Waals surface area contributed by atoms with Gasteiger partial charge in [0.05, 0.1) is 7.11 Å². The zero-order valence-electron chi connectivity index (χ0n) is 10.2. The molecule has 92 valence electrons. The van der Waals surface area contributed by atoms with E-state index in [1.807, 2.05) is 0 Å². The van der Waals surface area contributed by atoms with Crippen molar-refractivity contribution in [3.05, 3.63) is 0 Å². The van der Waals surface area contributed by atoms with Crippen LogP contribution in [0.25, 0.3) is 0 Å². The van der Waals surface area contributed by atoms with Crippen molar-refractivity contribution in [1.82, 2.24) is 5.32 Å². The molecule has 0 spiro atoms. The molecule has 1 atom stereocenters. The van der Waals surface area contributed by atoms with Crippen LogP contribution in [0.4, 0.5) is 0 Å². The van der Waals surface area contributed by atoms with Gasteiger partial charge in [-0.2, -0.15) is 0 Å². The summed E-state index contributed by atoms with van der Waals surface area (Å²) in [6.07, 6.45) is 10.00. The second kappa shape index (κ2) is 5.67. The minimum atomic E-state index is -0.0567. The number of nitrogens with one attached hydrogen (secondary N) is 1. The first kappa shape index (κ1) is 11.9. The molecule has 2 aliphatic rings. The highest BCUT2D eigenvalue weighted by atomic mass is 16.5. The average Bonchev–Trinajstić information content (AvgIpc) is 3.11. The van der Waals surface area contributed by atoms with Crippen LogP contribution in [0.5, 0.6) is 0 Å². The Morgan fingerprint density at radius 1 is 1.12 bits per heavy atom. The van der Waals surface area contributed by atoms with Gasteiger partial charge < -0.3 is 10.1 Å². The van der Waals surface area contributed by atoms with E-state index in [0.717, 1.165) is 0 Å². The largest absolute Gasteiger partial charge is 0.468 e. The molecule has 0 amide bonds. The average molecular weight is 225 g/mol. The monoisotopic (exact) mass is 225 g/mol. The molecule has 0 aromatic carbocycles. The maximum atomic E-state index is 11.8. The van der Waals surface area contributed by atoms with E-state index in [1.165, 1.54) is 58.5 Å². The van der Waals surface area contributed by atoms with E-state index in [-0.39, 0.29) is 12.0 Å². The molecule has 16 heavy (non-hydrogen) atoms. The zero-order valence-corrected chi connectivity index (χ0v) is 10.2. The first-order valence-electron chi connectivity index (χ1n) is 6.65. The summed E-state index contributed by atoms with van der Waals surface area (Å²) in [5.74, 6) is 0.439. The number of hydrogen-bond acceptors (Lipinski definition) is 3. The molecular weight excluding hydrogens is 202 g/mol. The Hall–Kier alpha value is -0.570. The number of hydrogen-bond donors (Lipinski definition) is 1. The molecule has 0 aliphatic heterocycles. The molecule has 0 saturated heterocycles. The number of rotatable bonds is 4. The van der Waals surface area contributed by atoms with Crippen LogP contribution in [0.3, 0.4) is 0 Å². The maximum Gasteiger partial charge on any atom is 0.323 e. The summed E-state index contributed by atoms with van der Waals surface area (Å²) in [5, 5.41) is 3.46. The molecule has 0 radical (unpaired) electrons. The van der Waals surface area contributed by atoms with Crippen LogP contribution < -0.4 is 5.32 Å². The number of carbonyl (C=O) groups is 1. The lowest BCUT2D eigenvalue weighted by Gasteiger charge is -2.25. The van der Waals surface area contributed by atoms with Crippen molar-refractivity contribution in [2.75, 3.05) is 7.11 Å². The molecule has 2 aliphatic carbocycles. The lowest BCUT2D eigenvalue weighted by atomic mass is 9.91. The Bertz CT molecular complexity index is 230. The van der Waals surface area contributed by atoms with Crippen molar-refractivity contribution < 1.29 is 9.53 Å². The summed E-state index contributed by atoms with van der Waals surface area (Å²) in [6.45, 7) is 0. The van der Waals surface area contributed by atoms with Gasteiger partial charge >= 0.3 is 5.97 Å². The van der Waals surface area contributed by atoms with Crippen LogP contribution in [0.15, 0.2) is 0 Å². The van der Waals surface area contributed by atoms with E-state index in [4.69, 9.17) is 4.74 Å². The van der Waals surface area contributed by atoms with Crippen molar-refractivity contribution in [3.8, 4) is 0 Å². The summed E-state index contributed by atoms with van der Waals surface area (Å²) >= 11 is 0. The summed E-state index contributed by atoms with van der Waals surface area (Å²) in [7, 11) is 1.50. The van der Waals surface area contributed by atoms with Gasteiger partial charge in [-0.1, -0.05) is 25.7 Å². The molecule has 2 rings (SSSR count). The second-order valence-corrected chi connectivity index (χ2v) is 5.19. The quantitative estimate of drug-likeness (QED) is 0.589. The van der Waals surface area contributed by atoms with Crippen LogP contribution in [-0.4, -0.2) is 25.2 Å². The van der Waals surface area contributed by atoms with E-state index in [2.05, 4.69) is 5.32 Å². The normalized spacial score (nSPS) is 24.8. The topological polar surface area (TPSA) is 38.3 Å². The number of ether oxygens (including phenoxy) is 1. The third kappa shape index (κ3) is 3.21. The molecule has 2 saturated carbocycles. The van der Waals surface area contributed by atoms with E-state index < -0.39 is 0 Å². The number of methoxy groups -OCH3 is 1. The van der Waals surface area contributed by atoms with Gasteiger partial charge in [0.15, 0.2) is 0 Å². The van der Waals surface area contributed by atoms with Gasteiger partial charge in [-0.15, -0.1) is 0 Å². The van der Waals surface area contributed by atoms with E-state index in [1.54, 1.807) is 0 Å². The van der Waals surface area contributed by atoms with Gasteiger partial charge in [0, 0.05) is 6.04 Å². The molecule has 1 N–H and O–H groups in total. The van der Waals surface area contributed by atoms with Crippen molar-refractivity contribution in [3.63, 3.8) is 0 Å². The third-order valence-corrected chi connectivity index (χ3v) is 3.82. The summed E-state index contributed by atoms with van der Waals surface area (Å²) in [6, 6.07) is 0.531. The Morgan fingerprint density at radius 3 is 2.25 bits per heavy atom. The Labute approximate surface area is 97.9 Å². The van der Waals surface area contributed by atoms with Crippen LogP contribution in [0, 0.1) is 5.92 Å². The summed E-state index contributed by atoms with van der Waals surface area (Å²) in [5.41, 5.74) is 0. The van der Waals surface area contributed by atoms with E-state index >= 15 is 0 Å². The zero-order chi connectivity index (χ0) is 11.4. The Balaban J connectivity index is 1.94. The van der Waals surface area contributed by atoms with Crippen LogP contribution in [0.2, 0.25) is 0 Å². The van der Waals surface area contributed by atoms with Crippen molar-refractivity contribution in [2.45, 2.75) is 63.5 Å². The van der Waals surface area contributed by atoms with Gasteiger partial charge in [-0.25, -0.2) is 0 Å². The summed E-state index contributed by atoms with van der Waals surface area (Å²) in [4.78, 5) is 11.8. The second-order valence-electron chi connectivity index (χ2n) is 5.19. The predicted octanol–water partition coefficient (Wildman–Crippen LogP) is 2.25. The maximum absolute atomic E-state index is 11.8. The highest BCUT2D eigenvalue weighted by molar-refractivity contribution is 5.76. The fourth-order valence-electron chi connectivity index (χ4n) is 2.67. The fourth-order valence-corrected chi connectivity index (χ4v) is 2.67. The van der Waals surface area contributed by atoms with Gasteiger partial charge in [0.2, 0.25) is 0 Å². The van der Waals surface area contributed by atoms with Crippen molar-refractivity contribution >= 4 is 5.97 Å². The lowest BCUT2D eigenvalue weighted by Crippen LogP contribution is -2.44. The smallest absolute Gasteiger partial charge is 0.323 e. The highest BCUT2D eigenvalue weighted by Crippen LogP contribution is 2.29. The van der Waals surface area contributed by atoms with E-state index in [9.17, 15) is 4.79 Å². The standard InChI is InChI=1S/C13H23NO2/c1-16-13(15)12(14-11-8-9-11)10-6-4-2-3-5-7-10/h10-12,14H,2-9H2,1H3. The predicted molar refractivity (Wildman–Crippen MR) is 63.2 cm³/mol. The van der Waals surface area contributed by atoms with Gasteiger partial charge in [-0.05, 0) is 31.6 Å². The first-order chi connectivity index (χ1) is 7.81. The summed E-state index contributed by atoms with van der Waals surface area (Å²) < 4.78 is 4.93. The fraction of sp³-hybridized carbons (Fsp3) is 0.923. The SMILES string of the molecule is COC(=O)C(NC1CC1)C1CCCCCC1. The Kier molecular flexibility index (Phi) is 4.22. The van der Waals surface area contributed by atoms with E-state index in [0.29, 0.717) is 12.0 Å². The molecule has 1 unspecified atom stereocenters. The molecule has 2 fully saturated rings. The molecule has 3 nitrogen and oxygen atoms in total. The van der Waals surface area contributed by atoms with Crippen LogP contribution in [-0.2, 0) is 9.53 Å². The van der Waals surface area contributed by atoms with Crippen molar-refractivity contribution in [1.29, 1.82) is 0 Å². The lowest BCUT2D eigenvalue weighted by molar-refractivity contribution is -0.144. The molecule has 0 aromatic heterocycles. The molecule has 0 aromatic rings. The minimum Gasteiger partial charge on any atom is -0.468 e. The third-order valence-electron chi connectivity index (χ3n) is 3.82. The van der Waals surface area contributed by atoms with Crippen LogP contribution >= 0.6 is 0 Å². The number of carbonyl (C=O) groups excluding carboxylic acids is 1. The minimum absolute atomic E-state index is 0.0457. The van der Waals surface area contributed by atoms with Gasteiger partial charge in [0.1, 0.15) is 6.04 Å². The Morgan fingerprint density at radius 2 is 1.75 bits per heavy atom. The van der Waals surface area contributed by atoms with Crippen LogP contribution in [0.1, 0.15) is 51.4 Å². The molecule has 0 bridgehead atoms. The molecular formula is C13H23NO2. The first-order valence-corrected chi connectivity index (χ1v) is 6.65. The van der Waals surface area contributed by atoms with Gasteiger partial charge in [0.25, 0.3) is 0 Å². The molecule has 3 heteroatoms. The van der Waals surface area contributed by atoms with Gasteiger partial charge in [-0.3, -0.25) is 4.79 Å².